The molecule has 0 saturated carbocycles. The Kier molecular flexibility index (Phi) is 4.18. The van der Waals surface area contributed by atoms with Crippen molar-refractivity contribution in [2.75, 3.05) is 0 Å². The highest BCUT2D eigenvalue weighted by Crippen LogP contribution is 2.14. The number of benzene rings is 1. The van der Waals surface area contributed by atoms with Crippen LogP contribution in [0, 0.1) is 0 Å². The van der Waals surface area contributed by atoms with Crippen molar-refractivity contribution in [3.05, 3.63) is 47.0 Å². The third-order valence-corrected chi connectivity index (χ3v) is 2.18. The van der Waals surface area contributed by atoms with Crippen LogP contribution in [0.3, 0.4) is 0 Å². The molecule has 76 valence electrons. The van der Waals surface area contributed by atoms with Crippen LogP contribution in [0.25, 0.3) is 0 Å². The molecule has 0 amide bonds. The topological polar surface area (TPSA) is 20.2 Å². The van der Waals surface area contributed by atoms with Crippen LogP contribution in [0.4, 0.5) is 0 Å². The summed E-state index contributed by atoms with van der Waals surface area (Å²) in [7, 11) is 0. The Morgan fingerprint density at radius 1 is 1.57 bits per heavy atom. The molecular weight excluding hydrogens is 196 g/mol. The summed E-state index contributed by atoms with van der Waals surface area (Å²) in [6.45, 7) is 5.69. The predicted octanol–water partition coefficient (Wildman–Crippen LogP) is 3.21. The fourth-order valence-electron chi connectivity index (χ4n) is 1.41. The van der Waals surface area contributed by atoms with Crippen molar-refractivity contribution < 1.29 is 5.11 Å². The fourth-order valence-corrected chi connectivity index (χ4v) is 1.62. The first-order valence-electron chi connectivity index (χ1n) is 4.65. The van der Waals surface area contributed by atoms with Gasteiger partial charge in [0, 0.05) is 5.02 Å². The van der Waals surface area contributed by atoms with Gasteiger partial charge in [-0.25, -0.2) is 0 Å². The SMILES string of the molecule is C=C(C)CC(O)Cc1cccc(Cl)c1. The minimum Gasteiger partial charge on any atom is -0.392 e. The molecule has 1 aromatic rings. The molecule has 0 heterocycles. The monoisotopic (exact) mass is 210 g/mol. The van der Waals surface area contributed by atoms with E-state index < -0.39 is 0 Å². The Balaban J connectivity index is 2.55. The lowest BCUT2D eigenvalue weighted by Gasteiger charge is -2.10. The van der Waals surface area contributed by atoms with Gasteiger partial charge in [-0.05, 0) is 37.5 Å². The summed E-state index contributed by atoms with van der Waals surface area (Å²) in [6.07, 6.45) is 0.922. The van der Waals surface area contributed by atoms with Crippen molar-refractivity contribution in [1.29, 1.82) is 0 Å². The maximum atomic E-state index is 9.66. The zero-order chi connectivity index (χ0) is 10.6. The number of aliphatic hydroxyl groups excluding tert-OH is 1. The molecule has 2 heteroatoms. The molecule has 1 N–H and O–H groups in total. The molecule has 1 unspecified atom stereocenters. The third-order valence-electron chi connectivity index (χ3n) is 1.94. The van der Waals surface area contributed by atoms with E-state index in [1.165, 1.54) is 0 Å². The van der Waals surface area contributed by atoms with Crippen LogP contribution >= 0.6 is 11.6 Å². The summed E-state index contributed by atoms with van der Waals surface area (Å²) in [5, 5.41) is 10.4. The summed E-state index contributed by atoms with van der Waals surface area (Å²) in [6, 6.07) is 7.57. The molecule has 0 saturated heterocycles. The fraction of sp³-hybridized carbons (Fsp3) is 0.333. The van der Waals surface area contributed by atoms with Gasteiger partial charge in [0.2, 0.25) is 0 Å². The molecule has 1 aromatic carbocycles. The molecule has 0 aliphatic rings. The summed E-state index contributed by atoms with van der Waals surface area (Å²) in [5.74, 6) is 0. The second-order valence-corrected chi connectivity index (χ2v) is 4.09. The highest BCUT2D eigenvalue weighted by atomic mass is 35.5. The number of hydrogen-bond donors (Lipinski definition) is 1. The summed E-state index contributed by atoms with van der Waals surface area (Å²) >= 11 is 5.83. The quantitative estimate of drug-likeness (QED) is 0.757. The smallest absolute Gasteiger partial charge is 0.0617 e. The van der Waals surface area contributed by atoms with Crippen LogP contribution in [0.5, 0.6) is 0 Å². The molecule has 0 fully saturated rings. The summed E-state index contributed by atoms with van der Waals surface area (Å²) < 4.78 is 0. The van der Waals surface area contributed by atoms with Gasteiger partial charge in [-0.15, -0.1) is 6.58 Å². The van der Waals surface area contributed by atoms with E-state index in [0.717, 1.165) is 11.1 Å². The average Bonchev–Trinajstić information content (AvgIpc) is 2.01. The van der Waals surface area contributed by atoms with Gasteiger partial charge in [-0.2, -0.15) is 0 Å². The van der Waals surface area contributed by atoms with Gasteiger partial charge >= 0.3 is 0 Å². The molecular formula is C12H15ClO. The number of hydrogen-bond acceptors (Lipinski definition) is 1. The highest BCUT2D eigenvalue weighted by molar-refractivity contribution is 6.30. The van der Waals surface area contributed by atoms with Crippen LogP contribution in [0.1, 0.15) is 18.9 Å². The normalized spacial score (nSPS) is 12.5. The number of aliphatic hydroxyl groups is 1. The zero-order valence-electron chi connectivity index (χ0n) is 8.33. The Morgan fingerprint density at radius 2 is 2.29 bits per heavy atom. The van der Waals surface area contributed by atoms with E-state index >= 15 is 0 Å². The number of halogens is 1. The lowest BCUT2D eigenvalue weighted by atomic mass is 10.0. The largest absolute Gasteiger partial charge is 0.392 e. The second kappa shape index (κ2) is 5.18. The predicted molar refractivity (Wildman–Crippen MR) is 60.6 cm³/mol. The molecule has 0 bridgehead atoms. The van der Waals surface area contributed by atoms with E-state index in [1.54, 1.807) is 0 Å². The van der Waals surface area contributed by atoms with Gasteiger partial charge in [-0.3, -0.25) is 0 Å². The van der Waals surface area contributed by atoms with Crippen molar-refractivity contribution in [3.63, 3.8) is 0 Å². The Labute approximate surface area is 90.0 Å². The van der Waals surface area contributed by atoms with Gasteiger partial charge < -0.3 is 5.11 Å². The molecule has 0 aliphatic heterocycles. The van der Waals surface area contributed by atoms with E-state index in [0.29, 0.717) is 17.9 Å². The van der Waals surface area contributed by atoms with Crippen molar-refractivity contribution in [3.8, 4) is 0 Å². The van der Waals surface area contributed by atoms with Gasteiger partial charge in [0.1, 0.15) is 0 Å². The maximum absolute atomic E-state index is 9.66. The van der Waals surface area contributed by atoms with Crippen LogP contribution in [-0.4, -0.2) is 11.2 Å². The lowest BCUT2D eigenvalue weighted by Crippen LogP contribution is -2.10. The summed E-state index contributed by atoms with van der Waals surface area (Å²) in [5.41, 5.74) is 2.06. The molecule has 0 aliphatic carbocycles. The molecule has 0 radical (unpaired) electrons. The van der Waals surface area contributed by atoms with E-state index in [9.17, 15) is 5.11 Å². The molecule has 0 aromatic heterocycles. The second-order valence-electron chi connectivity index (χ2n) is 3.65. The average molecular weight is 211 g/mol. The Hall–Kier alpha value is -0.790. The maximum Gasteiger partial charge on any atom is 0.0617 e. The van der Waals surface area contributed by atoms with Crippen molar-refractivity contribution in [1.82, 2.24) is 0 Å². The van der Waals surface area contributed by atoms with E-state index in [1.807, 2.05) is 31.2 Å². The zero-order valence-corrected chi connectivity index (χ0v) is 9.09. The lowest BCUT2D eigenvalue weighted by molar-refractivity contribution is 0.175. The first kappa shape index (κ1) is 11.3. The molecule has 1 nitrogen and oxygen atoms in total. The van der Waals surface area contributed by atoms with Crippen LogP contribution in [0.15, 0.2) is 36.4 Å². The Bertz CT molecular complexity index is 320. The Morgan fingerprint density at radius 3 is 2.86 bits per heavy atom. The number of rotatable bonds is 4. The van der Waals surface area contributed by atoms with Gasteiger partial charge in [0.25, 0.3) is 0 Å². The van der Waals surface area contributed by atoms with E-state index in [-0.39, 0.29) is 6.10 Å². The van der Waals surface area contributed by atoms with Gasteiger partial charge in [0.05, 0.1) is 6.10 Å². The van der Waals surface area contributed by atoms with Crippen LogP contribution in [-0.2, 0) is 6.42 Å². The third kappa shape index (κ3) is 3.95. The van der Waals surface area contributed by atoms with Crippen LogP contribution < -0.4 is 0 Å². The van der Waals surface area contributed by atoms with E-state index in [4.69, 9.17) is 11.6 Å². The minimum absolute atomic E-state index is 0.356. The van der Waals surface area contributed by atoms with Crippen molar-refractivity contribution >= 4 is 11.6 Å². The molecule has 1 atom stereocenters. The van der Waals surface area contributed by atoms with Gasteiger partial charge in [0.15, 0.2) is 0 Å². The first-order chi connectivity index (χ1) is 6.58. The highest BCUT2D eigenvalue weighted by Gasteiger charge is 2.05. The minimum atomic E-state index is -0.356. The van der Waals surface area contributed by atoms with E-state index in [2.05, 4.69) is 6.58 Å². The van der Waals surface area contributed by atoms with Gasteiger partial charge in [-0.1, -0.05) is 29.3 Å². The first-order valence-corrected chi connectivity index (χ1v) is 5.02. The molecule has 1 rings (SSSR count). The molecule has 0 spiro atoms. The van der Waals surface area contributed by atoms with Crippen molar-refractivity contribution in [2.45, 2.75) is 25.9 Å². The molecule has 14 heavy (non-hydrogen) atoms. The summed E-state index contributed by atoms with van der Waals surface area (Å²) in [4.78, 5) is 0. The van der Waals surface area contributed by atoms with Crippen molar-refractivity contribution in [2.24, 2.45) is 0 Å². The van der Waals surface area contributed by atoms with Crippen LogP contribution in [0.2, 0.25) is 5.02 Å². The standard InChI is InChI=1S/C12H15ClO/c1-9(2)6-12(14)8-10-4-3-5-11(13)7-10/h3-5,7,12,14H,1,6,8H2,2H3.